The van der Waals surface area contributed by atoms with Gasteiger partial charge in [0.1, 0.15) is 0 Å². The fourth-order valence-electron chi connectivity index (χ4n) is 4.74. The van der Waals surface area contributed by atoms with Gasteiger partial charge in [-0.2, -0.15) is 0 Å². The lowest BCUT2D eigenvalue weighted by atomic mass is 9.88. The van der Waals surface area contributed by atoms with Crippen LogP contribution >= 0.6 is 11.8 Å². The minimum absolute atomic E-state index is 0.0268. The van der Waals surface area contributed by atoms with Crippen molar-refractivity contribution in [2.75, 3.05) is 31.2 Å². The monoisotopic (exact) mass is 477 g/mol. The summed E-state index contributed by atoms with van der Waals surface area (Å²) >= 11 is 1.46. The molecule has 0 saturated carbocycles. The highest BCUT2D eigenvalue weighted by atomic mass is 32.2. The Balaban J connectivity index is 1.38. The lowest BCUT2D eigenvalue weighted by molar-refractivity contribution is -0.121. The summed E-state index contributed by atoms with van der Waals surface area (Å²) in [7, 11) is 0. The second-order valence-electron chi connectivity index (χ2n) is 8.92. The number of ether oxygens (including phenoxy) is 1. The van der Waals surface area contributed by atoms with Crippen molar-refractivity contribution in [2.24, 2.45) is 0 Å². The van der Waals surface area contributed by atoms with Gasteiger partial charge in [-0.05, 0) is 55.9 Å². The molecule has 1 aromatic heterocycles. The average molecular weight is 478 g/mol. The van der Waals surface area contributed by atoms with Crippen LogP contribution in [0, 0.1) is 6.92 Å². The number of rotatable bonds is 6. The molecule has 0 radical (unpaired) electrons. The number of amides is 1. The van der Waals surface area contributed by atoms with Crippen molar-refractivity contribution in [3.63, 3.8) is 0 Å². The highest BCUT2D eigenvalue weighted by Gasteiger charge is 2.28. The van der Waals surface area contributed by atoms with Gasteiger partial charge in [-0.25, -0.2) is 0 Å². The van der Waals surface area contributed by atoms with E-state index in [-0.39, 0.29) is 17.2 Å². The van der Waals surface area contributed by atoms with E-state index in [1.807, 2.05) is 19.1 Å². The highest BCUT2D eigenvalue weighted by Crippen LogP contribution is 2.33. The SMILES string of the molecule is Cc1ccccc1-n1c(S[C@H](C)C(=O)N[C@@H]2CCCc3ccccc32)nnc1N1CCOCC1. The van der Waals surface area contributed by atoms with Crippen molar-refractivity contribution in [2.45, 2.75) is 49.6 Å². The number of aryl methyl sites for hydroxylation is 2. The van der Waals surface area contributed by atoms with Gasteiger partial charge in [0.25, 0.3) is 0 Å². The van der Waals surface area contributed by atoms with E-state index < -0.39 is 0 Å². The molecule has 0 unspecified atom stereocenters. The quantitative estimate of drug-likeness (QED) is 0.539. The largest absolute Gasteiger partial charge is 0.378 e. The summed E-state index contributed by atoms with van der Waals surface area (Å²) in [6.45, 7) is 6.91. The van der Waals surface area contributed by atoms with Crippen molar-refractivity contribution in [1.29, 1.82) is 0 Å². The Morgan fingerprint density at radius 1 is 1.12 bits per heavy atom. The molecule has 2 atom stereocenters. The zero-order chi connectivity index (χ0) is 23.5. The Morgan fingerprint density at radius 2 is 1.88 bits per heavy atom. The molecule has 0 spiro atoms. The number of benzene rings is 2. The van der Waals surface area contributed by atoms with E-state index in [1.54, 1.807) is 0 Å². The first-order valence-corrected chi connectivity index (χ1v) is 12.9. The smallest absolute Gasteiger partial charge is 0.233 e. The number of carbonyl (C=O) groups is 1. The number of fused-ring (bicyclic) bond motifs is 1. The van der Waals surface area contributed by atoms with E-state index in [0.717, 1.165) is 54.7 Å². The third-order valence-corrected chi connectivity index (χ3v) is 7.65. The maximum atomic E-state index is 13.2. The number of anilines is 1. The minimum Gasteiger partial charge on any atom is -0.378 e. The zero-order valence-corrected chi connectivity index (χ0v) is 20.6. The van der Waals surface area contributed by atoms with Crippen LogP contribution in [0.2, 0.25) is 0 Å². The molecule has 1 aliphatic heterocycles. The second-order valence-corrected chi connectivity index (χ2v) is 10.2. The molecule has 2 aromatic carbocycles. The van der Waals surface area contributed by atoms with E-state index in [2.05, 4.69) is 68.3 Å². The van der Waals surface area contributed by atoms with Gasteiger partial charge in [-0.15, -0.1) is 10.2 Å². The molecule has 7 nitrogen and oxygen atoms in total. The van der Waals surface area contributed by atoms with E-state index in [9.17, 15) is 4.79 Å². The van der Waals surface area contributed by atoms with Gasteiger partial charge in [-0.3, -0.25) is 9.36 Å². The lowest BCUT2D eigenvalue weighted by Gasteiger charge is -2.28. The number of nitrogens with zero attached hydrogens (tertiary/aromatic N) is 4. The number of hydrogen-bond acceptors (Lipinski definition) is 6. The van der Waals surface area contributed by atoms with E-state index >= 15 is 0 Å². The van der Waals surface area contributed by atoms with E-state index in [4.69, 9.17) is 4.74 Å². The summed E-state index contributed by atoms with van der Waals surface area (Å²) in [6.07, 6.45) is 3.14. The van der Waals surface area contributed by atoms with Gasteiger partial charge in [0.05, 0.1) is 30.2 Å². The number of para-hydroxylation sites is 1. The first kappa shape index (κ1) is 22.9. The Bertz CT molecular complexity index is 1160. The Labute approximate surface area is 204 Å². The molecule has 5 rings (SSSR count). The van der Waals surface area contributed by atoms with Crippen LogP contribution in [0.4, 0.5) is 5.95 Å². The summed E-state index contributed by atoms with van der Waals surface area (Å²) in [6, 6.07) is 16.7. The summed E-state index contributed by atoms with van der Waals surface area (Å²) in [4.78, 5) is 15.4. The number of morpholine rings is 1. The molecule has 178 valence electrons. The Morgan fingerprint density at radius 3 is 2.71 bits per heavy atom. The van der Waals surface area contributed by atoms with Crippen LogP contribution in [0.5, 0.6) is 0 Å². The van der Waals surface area contributed by atoms with Gasteiger partial charge < -0.3 is 15.0 Å². The predicted molar refractivity (Wildman–Crippen MR) is 135 cm³/mol. The molecule has 1 saturated heterocycles. The molecule has 3 aromatic rings. The summed E-state index contributed by atoms with van der Waals surface area (Å²) in [5.41, 5.74) is 4.76. The molecule has 2 heterocycles. The van der Waals surface area contributed by atoms with Crippen LogP contribution < -0.4 is 10.2 Å². The van der Waals surface area contributed by atoms with Crippen LogP contribution in [-0.4, -0.2) is 52.2 Å². The summed E-state index contributed by atoms with van der Waals surface area (Å²) < 4.78 is 7.62. The third kappa shape index (κ3) is 4.70. The van der Waals surface area contributed by atoms with Crippen molar-refractivity contribution < 1.29 is 9.53 Å². The van der Waals surface area contributed by atoms with Crippen LogP contribution in [0.25, 0.3) is 5.69 Å². The first-order valence-electron chi connectivity index (χ1n) is 12.0. The van der Waals surface area contributed by atoms with Gasteiger partial charge >= 0.3 is 0 Å². The maximum Gasteiger partial charge on any atom is 0.233 e. The van der Waals surface area contributed by atoms with Crippen LogP contribution in [0.1, 0.15) is 42.5 Å². The molecular formula is C26H31N5O2S. The zero-order valence-electron chi connectivity index (χ0n) is 19.7. The summed E-state index contributed by atoms with van der Waals surface area (Å²) in [5.74, 6) is 0.827. The van der Waals surface area contributed by atoms with Crippen molar-refractivity contribution in [3.8, 4) is 5.69 Å². The topological polar surface area (TPSA) is 72.3 Å². The lowest BCUT2D eigenvalue weighted by Crippen LogP contribution is -2.38. The molecular weight excluding hydrogens is 446 g/mol. The molecule has 34 heavy (non-hydrogen) atoms. The van der Waals surface area contributed by atoms with Crippen LogP contribution in [0.3, 0.4) is 0 Å². The van der Waals surface area contributed by atoms with Crippen molar-refractivity contribution >= 4 is 23.6 Å². The van der Waals surface area contributed by atoms with Crippen LogP contribution in [0.15, 0.2) is 53.7 Å². The summed E-state index contributed by atoms with van der Waals surface area (Å²) in [5, 5.41) is 12.8. The number of hydrogen-bond donors (Lipinski definition) is 1. The van der Waals surface area contributed by atoms with Crippen molar-refractivity contribution in [1.82, 2.24) is 20.1 Å². The molecule has 1 aliphatic carbocycles. The Hall–Kier alpha value is -2.84. The number of carbonyl (C=O) groups excluding carboxylic acids is 1. The first-order chi connectivity index (χ1) is 16.6. The third-order valence-electron chi connectivity index (χ3n) is 6.60. The second kappa shape index (κ2) is 10.2. The predicted octanol–water partition coefficient (Wildman–Crippen LogP) is 4.09. The van der Waals surface area contributed by atoms with Crippen molar-refractivity contribution in [3.05, 3.63) is 65.2 Å². The maximum absolute atomic E-state index is 13.2. The fraction of sp³-hybridized carbons (Fsp3) is 0.423. The molecule has 8 heteroatoms. The molecule has 1 amide bonds. The van der Waals surface area contributed by atoms with Gasteiger partial charge in [0, 0.05) is 13.1 Å². The molecule has 2 aliphatic rings. The molecule has 1 N–H and O–H groups in total. The van der Waals surface area contributed by atoms with Gasteiger partial charge in [0.2, 0.25) is 11.9 Å². The number of nitrogens with one attached hydrogen (secondary N) is 1. The Kier molecular flexibility index (Phi) is 6.87. The van der Waals surface area contributed by atoms with Gasteiger partial charge in [-0.1, -0.05) is 54.2 Å². The fourth-order valence-corrected chi connectivity index (χ4v) is 5.60. The normalized spacial score (nSPS) is 18.9. The molecule has 0 bridgehead atoms. The molecule has 1 fully saturated rings. The average Bonchev–Trinajstić information content (AvgIpc) is 3.28. The number of aromatic nitrogens is 3. The van der Waals surface area contributed by atoms with Crippen LogP contribution in [-0.2, 0) is 16.0 Å². The number of thioether (sulfide) groups is 1. The van der Waals surface area contributed by atoms with E-state index in [1.165, 1.54) is 22.9 Å². The van der Waals surface area contributed by atoms with E-state index in [0.29, 0.717) is 13.2 Å². The van der Waals surface area contributed by atoms with Gasteiger partial charge in [0.15, 0.2) is 5.16 Å². The highest BCUT2D eigenvalue weighted by molar-refractivity contribution is 8.00. The minimum atomic E-state index is -0.307. The standard InChI is InChI=1S/C26H31N5O2S/c1-18-8-3-6-13-23(18)31-25(30-14-16-33-17-15-30)28-29-26(31)34-19(2)24(32)27-22-12-7-10-20-9-4-5-11-21(20)22/h3-6,8-9,11,13,19,22H,7,10,12,14-17H2,1-2H3,(H,27,32)/t19-,22-/m1/s1.